The topological polar surface area (TPSA) is 37.3 Å². The molecule has 2 heteroatoms. The van der Waals surface area contributed by atoms with Gasteiger partial charge in [-0.15, -0.1) is 0 Å². The van der Waals surface area contributed by atoms with E-state index in [9.17, 15) is 9.90 Å². The van der Waals surface area contributed by atoms with Crippen molar-refractivity contribution in [1.82, 2.24) is 0 Å². The van der Waals surface area contributed by atoms with Gasteiger partial charge in [-0.3, -0.25) is 0 Å². The maximum atomic E-state index is 10.1. The Balaban J connectivity index is 1.97. The van der Waals surface area contributed by atoms with Gasteiger partial charge >= 0.3 is 0 Å². The fourth-order valence-corrected chi connectivity index (χ4v) is 2.72. The predicted octanol–water partition coefficient (Wildman–Crippen LogP) is 2.93. The van der Waals surface area contributed by atoms with E-state index < -0.39 is 0 Å². The molecule has 0 radical (unpaired) electrons. The van der Waals surface area contributed by atoms with Crippen molar-refractivity contribution >= 4 is 6.29 Å². The largest absolute Gasteiger partial charge is 0.396 e. The van der Waals surface area contributed by atoms with E-state index >= 15 is 0 Å². The Kier molecular flexibility index (Phi) is 6.66. The molecule has 0 aliphatic heterocycles. The molecule has 2 nitrogen and oxygen atoms in total. The number of carbonyl (C=O) groups is 1. The second kappa shape index (κ2) is 7.86. The maximum Gasteiger partial charge on any atom is 0.119 e. The Hall–Kier alpha value is -0.370. The highest BCUT2D eigenvalue weighted by Gasteiger charge is 2.25. The van der Waals surface area contributed by atoms with Gasteiger partial charge in [-0.05, 0) is 24.7 Å². The summed E-state index contributed by atoms with van der Waals surface area (Å²) in [5, 5.41) is 9.17. The van der Waals surface area contributed by atoms with Crippen LogP contribution in [0.2, 0.25) is 0 Å². The first-order valence-electron chi connectivity index (χ1n) is 6.43. The molecule has 88 valence electrons. The zero-order chi connectivity index (χ0) is 10.9. The minimum Gasteiger partial charge on any atom is -0.396 e. The van der Waals surface area contributed by atoms with Crippen LogP contribution in [0.5, 0.6) is 0 Å². The van der Waals surface area contributed by atoms with E-state index in [-0.39, 0.29) is 0 Å². The van der Waals surface area contributed by atoms with Gasteiger partial charge in [-0.2, -0.15) is 0 Å². The number of carbonyl (C=O) groups excluding carboxylic acids is 1. The summed E-state index contributed by atoms with van der Waals surface area (Å²) in [6.45, 7) is 0.385. The number of unbranched alkanes of at least 4 members (excludes halogenated alkanes) is 4. The SMILES string of the molecule is O=CCCCCCCC1CCC[C@@H]1CO. The lowest BCUT2D eigenvalue weighted by molar-refractivity contribution is -0.107. The molecule has 0 aromatic heterocycles. The summed E-state index contributed by atoms with van der Waals surface area (Å²) in [6.07, 6.45) is 11.6. The maximum absolute atomic E-state index is 10.1. The Morgan fingerprint density at radius 3 is 2.53 bits per heavy atom. The number of aliphatic hydroxyl groups excluding tert-OH is 1. The predicted molar refractivity (Wildman–Crippen MR) is 61.7 cm³/mol. The zero-order valence-electron chi connectivity index (χ0n) is 9.66. The third kappa shape index (κ3) is 4.78. The molecule has 1 aliphatic rings. The average Bonchev–Trinajstić information content (AvgIpc) is 2.70. The number of aliphatic hydroxyl groups is 1. The molecule has 0 aromatic carbocycles. The van der Waals surface area contributed by atoms with Crippen molar-refractivity contribution in [2.24, 2.45) is 11.8 Å². The smallest absolute Gasteiger partial charge is 0.119 e. The van der Waals surface area contributed by atoms with Gasteiger partial charge in [0.25, 0.3) is 0 Å². The lowest BCUT2D eigenvalue weighted by atomic mass is 9.91. The van der Waals surface area contributed by atoms with E-state index in [0.717, 1.165) is 25.0 Å². The fraction of sp³-hybridized carbons (Fsp3) is 0.923. The lowest BCUT2D eigenvalue weighted by Gasteiger charge is -2.16. The molecule has 1 unspecified atom stereocenters. The highest BCUT2D eigenvalue weighted by atomic mass is 16.3. The van der Waals surface area contributed by atoms with Crippen molar-refractivity contribution in [3.63, 3.8) is 0 Å². The first-order valence-corrected chi connectivity index (χ1v) is 6.43. The van der Waals surface area contributed by atoms with Crippen LogP contribution in [-0.2, 0) is 4.79 Å². The van der Waals surface area contributed by atoms with Gasteiger partial charge in [-0.25, -0.2) is 0 Å². The minimum absolute atomic E-state index is 0.385. The van der Waals surface area contributed by atoms with Crippen LogP contribution >= 0.6 is 0 Å². The third-order valence-corrected chi connectivity index (χ3v) is 3.70. The van der Waals surface area contributed by atoms with Crippen molar-refractivity contribution in [2.75, 3.05) is 6.61 Å². The summed E-state index contributed by atoms with van der Waals surface area (Å²) < 4.78 is 0. The lowest BCUT2D eigenvalue weighted by Crippen LogP contribution is -2.11. The highest BCUT2D eigenvalue weighted by molar-refractivity contribution is 5.48. The molecule has 15 heavy (non-hydrogen) atoms. The van der Waals surface area contributed by atoms with Crippen molar-refractivity contribution in [2.45, 2.75) is 57.8 Å². The van der Waals surface area contributed by atoms with E-state index in [0.29, 0.717) is 12.5 Å². The fourth-order valence-electron chi connectivity index (χ4n) is 2.72. The Morgan fingerprint density at radius 1 is 1.07 bits per heavy atom. The van der Waals surface area contributed by atoms with Gasteiger partial charge in [0.05, 0.1) is 0 Å². The number of hydrogen-bond donors (Lipinski definition) is 1. The van der Waals surface area contributed by atoms with Crippen molar-refractivity contribution < 1.29 is 9.90 Å². The minimum atomic E-state index is 0.385. The summed E-state index contributed by atoms with van der Waals surface area (Å²) in [4.78, 5) is 10.1. The quantitative estimate of drug-likeness (QED) is 0.496. The van der Waals surface area contributed by atoms with Gasteiger partial charge in [0.2, 0.25) is 0 Å². The summed E-state index contributed by atoms with van der Waals surface area (Å²) in [5.41, 5.74) is 0. The highest BCUT2D eigenvalue weighted by Crippen LogP contribution is 2.34. The number of aldehydes is 1. The number of rotatable bonds is 8. The van der Waals surface area contributed by atoms with Crippen LogP contribution in [-0.4, -0.2) is 18.0 Å². The van der Waals surface area contributed by atoms with Crippen molar-refractivity contribution in [3.05, 3.63) is 0 Å². The zero-order valence-corrected chi connectivity index (χ0v) is 9.66. The molecular weight excluding hydrogens is 188 g/mol. The van der Waals surface area contributed by atoms with E-state index in [1.807, 2.05) is 0 Å². The van der Waals surface area contributed by atoms with Crippen molar-refractivity contribution in [1.29, 1.82) is 0 Å². The summed E-state index contributed by atoms with van der Waals surface area (Å²) in [6, 6.07) is 0. The molecule has 0 bridgehead atoms. The third-order valence-electron chi connectivity index (χ3n) is 3.70. The Morgan fingerprint density at radius 2 is 1.80 bits per heavy atom. The molecular formula is C13H24O2. The summed E-state index contributed by atoms with van der Waals surface area (Å²) >= 11 is 0. The average molecular weight is 212 g/mol. The van der Waals surface area contributed by atoms with Gasteiger partial charge in [0.1, 0.15) is 6.29 Å². The van der Waals surface area contributed by atoms with Crippen molar-refractivity contribution in [3.8, 4) is 0 Å². The van der Waals surface area contributed by atoms with E-state index in [1.165, 1.54) is 44.9 Å². The second-order valence-electron chi connectivity index (χ2n) is 4.79. The molecule has 0 amide bonds. The molecule has 0 heterocycles. The van der Waals surface area contributed by atoms with Gasteiger partial charge in [0.15, 0.2) is 0 Å². The first-order chi connectivity index (χ1) is 7.38. The Labute approximate surface area is 93.1 Å². The van der Waals surface area contributed by atoms with E-state index in [2.05, 4.69) is 0 Å². The molecule has 0 saturated heterocycles. The molecule has 2 atom stereocenters. The molecule has 1 N–H and O–H groups in total. The van der Waals surface area contributed by atoms with Crippen LogP contribution in [0, 0.1) is 11.8 Å². The Bertz CT molecular complexity index is 168. The molecule has 1 saturated carbocycles. The van der Waals surface area contributed by atoms with Crippen LogP contribution in [0.1, 0.15) is 57.8 Å². The van der Waals surface area contributed by atoms with Crippen LogP contribution < -0.4 is 0 Å². The monoisotopic (exact) mass is 212 g/mol. The van der Waals surface area contributed by atoms with E-state index in [4.69, 9.17) is 0 Å². The van der Waals surface area contributed by atoms with Crippen LogP contribution in [0.4, 0.5) is 0 Å². The van der Waals surface area contributed by atoms with Gasteiger partial charge < -0.3 is 9.90 Å². The van der Waals surface area contributed by atoms with E-state index in [1.54, 1.807) is 0 Å². The van der Waals surface area contributed by atoms with Gasteiger partial charge in [-0.1, -0.05) is 38.5 Å². The number of hydrogen-bond acceptors (Lipinski definition) is 2. The second-order valence-corrected chi connectivity index (χ2v) is 4.79. The standard InChI is InChI=1S/C13H24O2/c14-10-5-3-1-2-4-7-12-8-6-9-13(12)11-15/h10,12-13,15H,1-9,11H2/t12?,13-/m1/s1. The first kappa shape index (κ1) is 12.7. The van der Waals surface area contributed by atoms with Crippen LogP contribution in [0.3, 0.4) is 0 Å². The van der Waals surface area contributed by atoms with Crippen LogP contribution in [0.15, 0.2) is 0 Å². The molecule has 0 aromatic rings. The summed E-state index contributed by atoms with van der Waals surface area (Å²) in [5.74, 6) is 1.36. The van der Waals surface area contributed by atoms with Gasteiger partial charge in [0, 0.05) is 13.0 Å². The van der Waals surface area contributed by atoms with Crippen LogP contribution in [0.25, 0.3) is 0 Å². The molecule has 0 spiro atoms. The summed E-state index contributed by atoms with van der Waals surface area (Å²) in [7, 11) is 0. The molecule has 1 aliphatic carbocycles. The normalized spacial score (nSPS) is 25.7. The molecule has 1 fully saturated rings. The molecule has 1 rings (SSSR count).